The van der Waals surface area contributed by atoms with Crippen LogP contribution in [-0.4, -0.2) is 4.22 Å². The normalized spacial score (nSPS) is 17.3. The smallest absolute Gasteiger partial charge is 0.0770 e. The number of alkyl halides is 9. The summed E-state index contributed by atoms with van der Waals surface area (Å²) in [5, 5.41) is 0. The zero-order chi connectivity index (χ0) is 11.1. The lowest BCUT2D eigenvalue weighted by atomic mass is 10.4. The molecule has 0 rings (SSSR count). The summed E-state index contributed by atoms with van der Waals surface area (Å²) < 4.78 is 1.35. The van der Waals surface area contributed by atoms with E-state index in [1.54, 1.807) is 0 Å². The van der Waals surface area contributed by atoms with Gasteiger partial charge in [0.15, 0.2) is 0 Å². The second-order valence-corrected chi connectivity index (χ2v) is 31.1. The fourth-order valence-electron chi connectivity index (χ4n) is 0.349. The Morgan fingerprint density at radius 2 is 1.00 bits per heavy atom. The second kappa shape index (κ2) is 7.54. The predicted octanol–water partition coefficient (Wildman–Crippen LogP) is 7.27. The summed E-state index contributed by atoms with van der Waals surface area (Å²) in [6.07, 6.45) is 0. The van der Waals surface area contributed by atoms with Crippen molar-refractivity contribution < 1.29 is 0 Å². The molecule has 0 amide bonds. The molecule has 9 heteroatoms. The molecule has 0 saturated carbocycles. The van der Waals surface area contributed by atoms with Gasteiger partial charge in [-0.2, -0.15) is 0 Å². The molecule has 1 atom stereocenters. The van der Waals surface area contributed by atoms with Crippen LogP contribution >= 0.6 is 203 Å². The molecule has 0 aromatic carbocycles. The van der Waals surface area contributed by atoms with E-state index in [0.717, 1.165) is 0 Å². The van der Waals surface area contributed by atoms with Crippen LogP contribution in [-0.2, 0) is 0 Å². The van der Waals surface area contributed by atoms with Crippen LogP contribution in [0.4, 0.5) is 0 Å². The van der Waals surface area contributed by atoms with E-state index >= 15 is 0 Å². The summed E-state index contributed by atoms with van der Waals surface area (Å²) in [5.41, 5.74) is 0. The zero-order valence-corrected chi connectivity index (χ0v) is 24.9. The van der Waals surface area contributed by atoms with Crippen LogP contribution in [0.5, 0.6) is 0 Å². The third-order valence-corrected chi connectivity index (χ3v) is 22.3. The van der Waals surface area contributed by atoms with Gasteiger partial charge in [0.2, 0.25) is 0 Å². The summed E-state index contributed by atoms with van der Waals surface area (Å²) in [6.45, 7) is 0. The van der Waals surface area contributed by atoms with E-state index in [4.69, 9.17) is 0 Å². The first-order chi connectivity index (χ1) is 5.40. The Labute approximate surface area is 201 Å². The van der Waals surface area contributed by atoms with Gasteiger partial charge in [0.1, 0.15) is 0.299 Å². The Bertz CT molecular complexity index is 173. The molecule has 0 aromatic heterocycles. The first kappa shape index (κ1) is 19.6. The van der Waals surface area contributed by atoms with E-state index in [9.17, 15) is 0 Å². The van der Waals surface area contributed by atoms with Crippen molar-refractivity contribution in [3.05, 3.63) is 0 Å². The van der Waals surface area contributed by atoms with Gasteiger partial charge in [0, 0.05) is 0 Å². The van der Waals surface area contributed by atoms with Gasteiger partial charge in [-0.3, -0.25) is 0 Å². The molecular weight excluding hydrogens is 1190 g/mol. The fraction of sp³-hybridized carbons (Fsp3) is 1.00. The van der Waals surface area contributed by atoms with E-state index in [0.29, 0.717) is 3.92 Å². The molecule has 0 aliphatic heterocycles. The molecule has 0 aromatic rings. The molecule has 13 heavy (non-hydrogen) atoms. The molecule has 0 N–H and O–H groups in total. The van der Waals surface area contributed by atoms with Crippen molar-refractivity contribution >= 4 is 203 Å². The molecule has 0 bridgehead atoms. The highest BCUT2D eigenvalue weighted by atomic mass is 127. The van der Waals surface area contributed by atoms with Gasteiger partial charge in [-0.15, -0.1) is 0 Å². The van der Waals surface area contributed by atoms with E-state index in [1.165, 1.54) is 0 Å². The summed E-state index contributed by atoms with van der Waals surface area (Å²) >= 11 is 22.8. The largest absolute Gasteiger partial charge is 0.148 e. The first-order valence-electron chi connectivity index (χ1n) is 2.56. The van der Waals surface area contributed by atoms with E-state index in [2.05, 4.69) is 203 Å². The van der Waals surface area contributed by atoms with Gasteiger partial charge in [0.25, 0.3) is 0 Å². The Hall–Kier alpha value is 6.57. The van der Waals surface area contributed by atoms with Crippen molar-refractivity contribution in [1.82, 2.24) is 0 Å². The van der Waals surface area contributed by atoms with Crippen molar-refractivity contribution in [2.75, 3.05) is 0 Å². The first-order valence-corrected chi connectivity index (χ1v) is 12.4. The highest BCUT2D eigenvalue weighted by Crippen LogP contribution is 2.63. The third-order valence-electron chi connectivity index (χ3n) is 0.984. The van der Waals surface area contributed by atoms with Gasteiger partial charge >= 0.3 is 0 Å². The molecule has 0 nitrogen and oxygen atoms in total. The minimum atomic E-state index is 0.236. The number of hydrogen-bond acceptors (Lipinski definition) is 0. The van der Waals surface area contributed by atoms with Crippen molar-refractivity contribution in [3.63, 3.8) is 0 Å². The Morgan fingerprint density at radius 1 is 0.692 bits per heavy atom. The van der Waals surface area contributed by atoms with Crippen LogP contribution < -0.4 is 0 Å². The van der Waals surface area contributed by atoms with Crippen molar-refractivity contribution in [2.45, 2.75) is 4.22 Å². The molecule has 1 unspecified atom stereocenters. The fourth-order valence-corrected chi connectivity index (χ4v) is 9.45. The van der Waals surface area contributed by atoms with Gasteiger partial charge in [-0.05, 0) is 0 Å². The molecule has 0 aliphatic carbocycles. The van der Waals surface area contributed by atoms with Gasteiger partial charge in [-0.1, -0.05) is 203 Å². The highest BCUT2D eigenvalue weighted by Gasteiger charge is 2.53. The number of hydrogen-bond donors (Lipinski definition) is 0. The Balaban J connectivity index is 4.86. The molecule has 0 fully saturated rings. The van der Waals surface area contributed by atoms with E-state index in [-0.39, 0.29) is 0.299 Å². The minimum absolute atomic E-state index is 0.236. The lowest BCUT2D eigenvalue weighted by Gasteiger charge is -2.38. The average Bonchev–Trinajstić information content (AvgIpc) is 1.81. The van der Waals surface area contributed by atoms with Crippen LogP contribution in [0.25, 0.3) is 0 Å². The van der Waals surface area contributed by atoms with E-state index in [1.807, 2.05) is 0 Å². The van der Waals surface area contributed by atoms with Crippen LogP contribution in [0, 0.1) is 0 Å². The third kappa shape index (κ3) is 6.71. The highest BCUT2D eigenvalue weighted by molar-refractivity contribution is 14.3. The Morgan fingerprint density at radius 3 is 1.08 bits per heavy atom. The molecular formula is C4HI9. The van der Waals surface area contributed by atoms with Gasteiger partial charge < -0.3 is 0 Å². The predicted molar refractivity (Wildman–Crippen MR) is 138 cm³/mol. The Kier molecular flexibility index (Phi) is 11.4. The lowest BCUT2D eigenvalue weighted by molar-refractivity contribution is 0.965. The second-order valence-electron chi connectivity index (χ2n) is 2.02. The molecule has 0 spiro atoms. The van der Waals surface area contributed by atoms with Crippen LogP contribution in [0.2, 0.25) is 0 Å². The topological polar surface area (TPSA) is 0 Å². The van der Waals surface area contributed by atoms with Crippen LogP contribution in [0.15, 0.2) is 0 Å². The SMILES string of the molecule is IC(C(I)(I)I)C(I)(I)C(I)(I)I. The summed E-state index contributed by atoms with van der Waals surface area (Å²) in [4.78, 5) is 0. The van der Waals surface area contributed by atoms with Crippen LogP contribution in [0.3, 0.4) is 0 Å². The minimum Gasteiger partial charge on any atom is -0.0770 e. The zero-order valence-electron chi connectivity index (χ0n) is 5.48. The summed E-state index contributed by atoms with van der Waals surface area (Å²) in [7, 11) is 0. The maximum atomic E-state index is 2.58. The molecule has 80 valence electrons. The van der Waals surface area contributed by atoms with Gasteiger partial charge in [-0.25, -0.2) is 0 Å². The van der Waals surface area contributed by atoms with E-state index < -0.39 is 0 Å². The standard InChI is InChI=1S/C4HI9/c5-1(3(8,9)10)2(6,7)4(11,12)13/h1H. The monoisotopic (exact) mass is 1190 g/mol. The van der Waals surface area contributed by atoms with Crippen molar-refractivity contribution in [1.29, 1.82) is 0 Å². The summed E-state index contributed by atoms with van der Waals surface area (Å²) in [6, 6.07) is 0. The molecule has 0 radical (unpaired) electrons. The molecule has 0 heterocycles. The average molecular weight is 1190 g/mol. The van der Waals surface area contributed by atoms with Crippen LogP contribution in [0.1, 0.15) is 0 Å². The maximum absolute atomic E-state index is 2.58. The van der Waals surface area contributed by atoms with Crippen molar-refractivity contribution in [3.8, 4) is 0 Å². The number of rotatable bonds is 3. The quantitative estimate of drug-likeness (QED) is 0.206. The molecule has 0 aliphatic rings. The van der Waals surface area contributed by atoms with Gasteiger partial charge in [0.05, 0.1) is 3.92 Å². The lowest BCUT2D eigenvalue weighted by Crippen LogP contribution is -2.43. The number of halogens is 9. The van der Waals surface area contributed by atoms with Crippen molar-refractivity contribution in [2.24, 2.45) is 0 Å². The molecule has 0 saturated heterocycles. The maximum Gasteiger partial charge on any atom is 0.148 e. The summed E-state index contributed by atoms with van der Waals surface area (Å²) in [5.74, 6) is 0.